The van der Waals surface area contributed by atoms with Gasteiger partial charge in [-0.1, -0.05) is 0 Å². The summed E-state index contributed by atoms with van der Waals surface area (Å²) >= 11 is 0. The number of morpholine rings is 1. The molecule has 2 aliphatic heterocycles. The Morgan fingerprint density at radius 1 is 1.34 bits per heavy atom. The van der Waals surface area contributed by atoms with Crippen LogP contribution in [0.1, 0.15) is 27.2 Å². The maximum atomic E-state index is 14.1. The standard InChI is InChI=1S/C21H33F2N5O/c1-4-24-21(25-12-15(2)28-9-10-29-14-16(28)3)26-18-7-8-27(13-18)20-6-5-17(22)11-19(20)23/h5-6,11,15-16,18H,4,7-10,12-14H2,1-3H3,(H2,24,25,26). The first-order chi connectivity index (χ1) is 14.0. The van der Waals surface area contributed by atoms with Gasteiger partial charge < -0.3 is 20.3 Å². The number of nitrogens with zero attached hydrogens (tertiary/aromatic N) is 3. The summed E-state index contributed by atoms with van der Waals surface area (Å²) in [7, 11) is 0. The quantitative estimate of drug-likeness (QED) is 0.557. The molecule has 0 aromatic heterocycles. The molecule has 29 heavy (non-hydrogen) atoms. The van der Waals surface area contributed by atoms with Crippen molar-refractivity contribution in [3.05, 3.63) is 29.8 Å². The summed E-state index contributed by atoms with van der Waals surface area (Å²) in [6.45, 7) is 11.7. The van der Waals surface area contributed by atoms with Crippen molar-refractivity contribution in [3.63, 3.8) is 0 Å². The molecule has 3 atom stereocenters. The van der Waals surface area contributed by atoms with Gasteiger partial charge in [-0.2, -0.15) is 0 Å². The first-order valence-corrected chi connectivity index (χ1v) is 10.6. The molecule has 0 bridgehead atoms. The summed E-state index contributed by atoms with van der Waals surface area (Å²) in [5.41, 5.74) is 0.451. The summed E-state index contributed by atoms with van der Waals surface area (Å²) in [5.74, 6) is -0.281. The van der Waals surface area contributed by atoms with E-state index in [0.717, 1.165) is 51.3 Å². The van der Waals surface area contributed by atoms with Crippen LogP contribution in [0.4, 0.5) is 14.5 Å². The van der Waals surface area contributed by atoms with Crippen molar-refractivity contribution in [2.24, 2.45) is 4.99 Å². The Bertz CT molecular complexity index is 702. The van der Waals surface area contributed by atoms with Gasteiger partial charge in [0.2, 0.25) is 0 Å². The van der Waals surface area contributed by atoms with Gasteiger partial charge in [-0.25, -0.2) is 8.78 Å². The Balaban J connectivity index is 1.56. The monoisotopic (exact) mass is 409 g/mol. The molecular weight excluding hydrogens is 376 g/mol. The second-order valence-corrected chi connectivity index (χ2v) is 7.90. The molecule has 3 rings (SSSR count). The van der Waals surface area contributed by atoms with Gasteiger partial charge in [0, 0.05) is 50.4 Å². The Morgan fingerprint density at radius 2 is 2.17 bits per heavy atom. The SMILES string of the molecule is CCNC(=NCC(C)N1CCOCC1C)NC1CCN(c2ccc(F)cc2F)C1. The molecular formula is C21H33F2N5O. The predicted octanol–water partition coefficient (Wildman–Crippen LogP) is 2.21. The van der Waals surface area contributed by atoms with Crippen LogP contribution in [0.15, 0.2) is 23.2 Å². The molecule has 162 valence electrons. The largest absolute Gasteiger partial charge is 0.379 e. The van der Waals surface area contributed by atoms with Gasteiger partial charge >= 0.3 is 0 Å². The van der Waals surface area contributed by atoms with E-state index < -0.39 is 11.6 Å². The lowest BCUT2D eigenvalue weighted by Gasteiger charge is -2.37. The average Bonchev–Trinajstić information content (AvgIpc) is 3.14. The molecule has 0 spiro atoms. The van der Waals surface area contributed by atoms with Gasteiger partial charge in [-0.05, 0) is 39.3 Å². The number of rotatable bonds is 6. The first-order valence-electron chi connectivity index (χ1n) is 10.6. The molecule has 2 heterocycles. The van der Waals surface area contributed by atoms with Crippen molar-refractivity contribution >= 4 is 11.6 Å². The fraction of sp³-hybridized carbons (Fsp3) is 0.667. The number of hydrogen-bond acceptors (Lipinski definition) is 4. The van der Waals surface area contributed by atoms with Crippen molar-refractivity contribution in [2.75, 3.05) is 50.8 Å². The molecule has 2 saturated heterocycles. The molecule has 3 unspecified atom stereocenters. The van der Waals surface area contributed by atoms with Crippen molar-refractivity contribution in [1.82, 2.24) is 15.5 Å². The molecule has 6 nitrogen and oxygen atoms in total. The van der Waals surface area contributed by atoms with Crippen LogP contribution in [-0.4, -0.2) is 74.9 Å². The van der Waals surface area contributed by atoms with Gasteiger partial charge in [0.15, 0.2) is 5.96 Å². The zero-order valence-electron chi connectivity index (χ0n) is 17.6. The van der Waals surface area contributed by atoms with Crippen LogP contribution in [0, 0.1) is 11.6 Å². The first kappa shape index (κ1) is 21.8. The zero-order chi connectivity index (χ0) is 20.8. The molecule has 1 aromatic carbocycles. The van der Waals surface area contributed by atoms with Crippen LogP contribution in [0.3, 0.4) is 0 Å². The van der Waals surface area contributed by atoms with Crippen LogP contribution in [0.5, 0.6) is 0 Å². The van der Waals surface area contributed by atoms with Crippen molar-refractivity contribution in [2.45, 2.75) is 45.3 Å². The highest BCUT2D eigenvalue weighted by Gasteiger charge is 2.26. The lowest BCUT2D eigenvalue weighted by molar-refractivity contribution is -0.0165. The van der Waals surface area contributed by atoms with E-state index in [2.05, 4.69) is 29.4 Å². The van der Waals surface area contributed by atoms with Gasteiger partial charge in [0.1, 0.15) is 11.6 Å². The van der Waals surface area contributed by atoms with Crippen molar-refractivity contribution < 1.29 is 13.5 Å². The lowest BCUT2D eigenvalue weighted by atomic mass is 10.2. The highest BCUT2D eigenvalue weighted by atomic mass is 19.1. The van der Waals surface area contributed by atoms with Crippen LogP contribution >= 0.6 is 0 Å². The van der Waals surface area contributed by atoms with E-state index in [1.54, 1.807) is 0 Å². The van der Waals surface area contributed by atoms with E-state index in [-0.39, 0.29) is 6.04 Å². The Hall–Kier alpha value is -1.93. The molecule has 8 heteroatoms. The van der Waals surface area contributed by atoms with E-state index >= 15 is 0 Å². The number of ether oxygens (including phenoxy) is 1. The zero-order valence-corrected chi connectivity index (χ0v) is 17.6. The highest BCUT2D eigenvalue weighted by Crippen LogP contribution is 2.24. The number of nitrogens with one attached hydrogen (secondary N) is 2. The molecule has 2 N–H and O–H groups in total. The fourth-order valence-corrected chi connectivity index (χ4v) is 4.07. The topological polar surface area (TPSA) is 52.1 Å². The number of benzene rings is 1. The van der Waals surface area contributed by atoms with E-state index in [9.17, 15) is 8.78 Å². The second kappa shape index (κ2) is 10.2. The smallest absolute Gasteiger partial charge is 0.191 e. The maximum Gasteiger partial charge on any atom is 0.191 e. The summed E-state index contributed by atoms with van der Waals surface area (Å²) < 4.78 is 32.8. The van der Waals surface area contributed by atoms with Crippen molar-refractivity contribution in [3.8, 4) is 0 Å². The van der Waals surface area contributed by atoms with Gasteiger partial charge in [-0.15, -0.1) is 0 Å². The second-order valence-electron chi connectivity index (χ2n) is 7.90. The summed E-state index contributed by atoms with van der Waals surface area (Å²) in [6.07, 6.45) is 0.872. The Morgan fingerprint density at radius 3 is 2.90 bits per heavy atom. The van der Waals surface area contributed by atoms with Crippen LogP contribution in [0.2, 0.25) is 0 Å². The number of anilines is 1. The number of hydrogen-bond donors (Lipinski definition) is 2. The van der Waals surface area contributed by atoms with E-state index in [1.807, 2.05) is 11.8 Å². The van der Waals surface area contributed by atoms with E-state index in [1.165, 1.54) is 12.1 Å². The van der Waals surface area contributed by atoms with Crippen LogP contribution in [0.25, 0.3) is 0 Å². The minimum absolute atomic E-state index is 0.162. The molecule has 0 aliphatic carbocycles. The van der Waals surface area contributed by atoms with Crippen LogP contribution in [-0.2, 0) is 4.74 Å². The lowest BCUT2D eigenvalue weighted by Crippen LogP contribution is -2.50. The fourth-order valence-electron chi connectivity index (χ4n) is 4.07. The third kappa shape index (κ3) is 5.79. The molecule has 0 saturated carbocycles. The normalized spacial score (nSPS) is 24.6. The molecule has 0 amide bonds. The van der Waals surface area contributed by atoms with E-state index in [4.69, 9.17) is 9.73 Å². The third-order valence-electron chi connectivity index (χ3n) is 5.62. The third-order valence-corrected chi connectivity index (χ3v) is 5.62. The predicted molar refractivity (Wildman–Crippen MR) is 113 cm³/mol. The number of halogens is 2. The number of aliphatic imine (C=N–C) groups is 1. The summed E-state index contributed by atoms with van der Waals surface area (Å²) in [6, 6.07) is 4.65. The molecule has 2 aliphatic rings. The van der Waals surface area contributed by atoms with Gasteiger partial charge in [0.25, 0.3) is 0 Å². The molecule has 2 fully saturated rings. The minimum atomic E-state index is -0.551. The Labute approximate surface area is 172 Å². The minimum Gasteiger partial charge on any atom is -0.379 e. The van der Waals surface area contributed by atoms with Gasteiger partial charge in [0.05, 0.1) is 25.4 Å². The average molecular weight is 410 g/mol. The molecule has 0 radical (unpaired) electrons. The maximum absolute atomic E-state index is 14.1. The summed E-state index contributed by atoms with van der Waals surface area (Å²) in [5, 5.41) is 6.78. The molecule has 1 aromatic rings. The number of guanidine groups is 1. The highest BCUT2D eigenvalue weighted by molar-refractivity contribution is 5.80. The Kier molecular flexibility index (Phi) is 7.66. The van der Waals surface area contributed by atoms with E-state index in [0.29, 0.717) is 30.9 Å². The van der Waals surface area contributed by atoms with Crippen LogP contribution < -0.4 is 15.5 Å². The summed E-state index contributed by atoms with van der Waals surface area (Å²) in [4.78, 5) is 9.17. The van der Waals surface area contributed by atoms with Crippen molar-refractivity contribution in [1.29, 1.82) is 0 Å². The van der Waals surface area contributed by atoms with Gasteiger partial charge in [-0.3, -0.25) is 9.89 Å².